The van der Waals surface area contributed by atoms with Gasteiger partial charge in [-0.2, -0.15) is 0 Å². The zero-order chi connectivity index (χ0) is 13.1. The molecule has 0 saturated heterocycles. The van der Waals surface area contributed by atoms with Gasteiger partial charge >= 0.3 is 0 Å². The smallest absolute Gasteiger partial charge is 0.0946 e. The Kier molecular flexibility index (Phi) is 3.14. The predicted octanol–water partition coefficient (Wildman–Crippen LogP) is 2.85. The molecular formula is C15H16N4. The van der Waals surface area contributed by atoms with Crippen LogP contribution in [-0.4, -0.2) is 21.1 Å². The molecule has 0 atom stereocenters. The molecule has 0 aliphatic rings. The first kappa shape index (κ1) is 11.7. The lowest BCUT2D eigenvalue weighted by Crippen LogP contribution is -2.09. The van der Waals surface area contributed by atoms with Gasteiger partial charge in [0.1, 0.15) is 0 Å². The van der Waals surface area contributed by atoms with Crippen LogP contribution in [0.2, 0.25) is 0 Å². The second-order valence-corrected chi connectivity index (χ2v) is 4.61. The molecule has 1 aromatic carbocycles. The van der Waals surface area contributed by atoms with Gasteiger partial charge in [-0.05, 0) is 25.1 Å². The highest BCUT2D eigenvalue weighted by atomic mass is 15.0. The first-order valence-corrected chi connectivity index (χ1v) is 6.38. The molecule has 96 valence electrons. The molecule has 4 nitrogen and oxygen atoms in total. The van der Waals surface area contributed by atoms with E-state index < -0.39 is 0 Å². The van der Waals surface area contributed by atoms with Gasteiger partial charge in [0.2, 0.25) is 0 Å². The van der Waals surface area contributed by atoms with Crippen molar-refractivity contribution in [3.05, 3.63) is 54.7 Å². The summed E-state index contributed by atoms with van der Waals surface area (Å²) in [4.78, 5) is 8.42. The van der Waals surface area contributed by atoms with Crippen LogP contribution in [0.15, 0.2) is 49.2 Å². The minimum absolute atomic E-state index is 0.864. The lowest BCUT2D eigenvalue weighted by Gasteiger charge is -2.10. The van der Waals surface area contributed by atoms with Crippen LogP contribution in [0, 0.1) is 6.92 Å². The Balaban J connectivity index is 1.78. The van der Waals surface area contributed by atoms with Gasteiger partial charge in [0.15, 0.2) is 0 Å². The molecule has 2 heterocycles. The van der Waals surface area contributed by atoms with Crippen LogP contribution in [-0.2, 0) is 6.54 Å². The molecular weight excluding hydrogens is 236 g/mol. The molecule has 0 unspecified atom stereocenters. The van der Waals surface area contributed by atoms with E-state index in [0.717, 1.165) is 24.3 Å². The number of aromatic nitrogens is 3. The normalized spacial score (nSPS) is 10.8. The predicted molar refractivity (Wildman–Crippen MR) is 77.2 cm³/mol. The molecule has 4 heteroatoms. The van der Waals surface area contributed by atoms with Crippen LogP contribution in [0.4, 0.5) is 5.69 Å². The Labute approximate surface area is 112 Å². The largest absolute Gasteiger partial charge is 0.383 e. The van der Waals surface area contributed by atoms with Crippen LogP contribution >= 0.6 is 0 Å². The van der Waals surface area contributed by atoms with E-state index in [1.165, 1.54) is 10.9 Å². The van der Waals surface area contributed by atoms with Crippen molar-refractivity contribution in [1.29, 1.82) is 0 Å². The molecule has 0 aliphatic carbocycles. The lowest BCUT2D eigenvalue weighted by atomic mass is 10.1. The molecule has 0 amide bonds. The van der Waals surface area contributed by atoms with Crippen molar-refractivity contribution in [2.45, 2.75) is 13.5 Å². The first-order valence-electron chi connectivity index (χ1n) is 6.38. The van der Waals surface area contributed by atoms with Crippen molar-refractivity contribution in [3.63, 3.8) is 0 Å². The fourth-order valence-corrected chi connectivity index (χ4v) is 2.15. The Morgan fingerprint density at radius 2 is 2.16 bits per heavy atom. The number of rotatable bonds is 4. The summed E-state index contributed by atoms with van der Waals surface area (Å²) >= 11 is 0. The molecule has 3 aromatic rings. The molecule has 0 radical (unpaired) electrons. The molecule has 0 spiro atoms. The van der Waals surface area contributed by atoms with Crippen molar-refractivity contribution in [2.75, 3.05) is 11.9 Å². The third-order valence-electron chi connectivity index (χ3n) is 3.14. The highest BCUT2D eigenvalue weighted by Gasteiger charge is 2.01. The highest BCUT2D eigenvalue weighted by molar-refractivity contribution is 5.91. The molecule has 2 aromatic heterocycles. The van der Waals surface area contributed by atoms with Crippen LogP contribution < -0.4 is 5.32 Å². The number of hydrogen-bond donors (Lipinski definition) is 1. The third-order valence-corrected chi connectivity index (χ3v) is 3.14. The number of fused-ring (bicyclic) bond motifs is 1. The van der Waals surface area contributed by atoms with E-state index in [1.54, 1.807) is 6.20 Å². The van der Waals surface area contributed by atoms with Crippen LogP contribution in [0.25, 0.3) is 10.9 Å². The fraction of sp³-hybridized carbons (Fsp3) is 0.200. The Morgan fingerprint density at radius 1 is 1.21 bits per heavy atom. The van der Waals surface area contributed by atoms with Gasteiger partial charge in [0.05, 0.1) is 11.8 Å². The number of hydrogen-bond acceptors (Lipinski definition) is 3. The van der Waals surface area contributed by atoms with Crippen molar-refractivity contribution in [3.8, 4) is 0 Å². The average molecular weight is 252 g/mol. The van der Waals surface area contributed by atoms with Crippen molar-refractivity contribution in [2.24, 2.45) is 0 Å². The Bertz CT molecular complexity index is 674. The molecule has 19 heavy (non-hydrogen) atoms. The van der Waals surface area contributed by atoms with Gasteiger partial charge in [-0.1, -0.05) is 11.6 Å². The lowest BCUT2D eigenvalue weighted by molar-refractivity contribution is 0.727. The van der Waals surface area contributed by atoms with Gasteiger partial charge < -0.3 is 9.88 Å². The van der Waals surface area contributed by atoms with Crippen LogP contribution in [0.1, 0.15) is 5.56 Å². The minimum atomic E-state index is 0.864. The average Bonchev–Trinajstić information content (AvgIpc) is 2.92. The maximum atomic E-state index is 4.39. The van der Waals surface area contributed by atoms with Crippen LogP contribution in [0.3, 0.4) is 0 Å². The minimum Gasteiger partial charge on any atom is -0.383 e. The van der Waals surface area contributed by atoms with E-state index in [4.69, 9.17) is 0 Å². The number of aryl methyl sites for hydroxylation is 1. The number of anilines is 1. The van der Waals surface area contributed by atoms with E-state index in [1.807, 2.05) is 24.8 Å². The molecule has 1 N–H and O–H groups in total. The van der Waals surface area contributed by atoms with Crippen molar-refractivity contribution >= 4 is 16.6 Å². The summed E-state index contributed by atoms with van der Waals surface area (Å²) in [7, 11) is 0. The first-order chi connectivity index (χ1) is 9.33. The zero-order valence-electron chi connectivity index (χ0n) is 10.9. The van der Waals surface area contributed by atoms with Gasteiger partial charge in [-0.15, -0.1) is 0 Å². The summed E-state index contributed by atoms with van der Waals surface area (Å²) in [5, 5.41) is 4.64. The van der Waals surface area contributed by atoms with E-state index in [-0.39, 0.29) is 0 Å². The second-order valence-electron chi connectivity index (χ2n) is 4.61. The van der Waals surface area contributed by atoms with E-state index in [0.29, 0.717) is 0 Å². The number of pyridine rings is 1. The number of benzene rings is 1. The van der Waals surface area contributed by atoms with Gasteiger partial charge in [0.25, 0.3) is 0 Å². The highest BCUT2D eigenvalue weighted by Crippen LogP contribution is 2.22. The Hall–Kier alpha value is -2.36. The number of imidazole rings is 1. The molecule has 0 bridgehead atoms. The molecule has 0 fully saturated rings. The number of nitrogens with one attached hydrogen (secondary N) is 1. The SMILES string of the molecule is Cc1ccc2nccc(NCCn3ccnc3)c2c1. The van der Waals surface area contributed by atoms with Crippen molar-refractivity contribution in [1.82, 2.24) is 14.5 Å². The number of nitrogens with zero attached hydrogens (tertiary/aromatic N) is 3. The molecule has 0 saturated carbocycles. The summed E-state index contributed by atoms with van der Waals surface area (Å²) in [6.07, 6.45) is 7.44. The Morgan fingerprint density at radius 3 is 3.00 bits per heavy atom. The van der Waals surface area contributed by atoms with Crippen LogP contribution in [0.5, 0.6) is 0 Å². The fourth-order valence-electron chi connectivity index (χ4n) is 2.15. The monoisotopic (exact) mass is 252 g/mol. The van der Waals surface area contributed by atoms with Crippen molar-refractivity contribution < 1.29 is 0 Å². The summed E-state index contributed by atoms with van der Waals surface area (Å²) < 4.78 is 2.06. The van der Waals surface area contributed by atoms with E-state index >= 15 is 0 Å². The summed E-state index contributed by atoms with van der Waals surface area (Å²) in [5.74, 6) is 0. The van der Waals surface area contributed by atoms with E-state index in [2.05, 4.69) is 45.0 Å². The molecule has 0 aliphatic heterocycles. The summed E-state index contributed by atoms with van der Waals surface area (Å²) in [5.41, 5.74) is 3.41. The maximum absolute atomic E-state index is 4.39. The quantitative estimate of drug-likeness (QED) is 0.776. The third kappa shape index (κ3) is 2.57. The topological polar surface area (TPSA) is 42.7 Å². The van der Waals surface area contributed by atoms with Gasteiger partial charge in [-0.25, -0.2) is 4.98 Å². The zero-order valence-corrected chi connectivity index (χ0v) is 10.9. The standard InChI is InChI=1S/C15H16N4/c1-12-2-3-14-13(10-12)15(4-5-17-14)18-7-9-19-8-6-16-11-19/h2-6,8,10-11H,7,9H2,1H3,(H,17,18). The summed E-state index contributed by atoms with van der Waals surface area (Å²) in [6, 6.07) is 8.34. The second kappa shape index (κ2) is 5.10. The van der Waals surface area contributed by atoms with E-state index in [9.17, 15) is 0 Å². The summed E-state index contributed by atoms with van der Waals surface area (Å²) in [6.45, 7) is 3.86. The maximum Gasteiger partial charge on any atom is 0.0946 e. The molecule has 3 rings (SSSR count). The van der Waals surface area contributed by atoms with Gasteiger partial charge in [-0.3, -0.25) is 4.98 Å². The van der Waals surface area contributed by atoms with Gasteiger partial charge in [0, 0.05) is 42.8 Å².